The van der Waals surface area contributed by atoms with Crippen molar-refractivity contribution in [2.24, 2.45) is 5.73 Å². The molecule has 1 atom stereocenters. The van der Waals surface area contributed by atoms with Crippen molar-refractivity contribution in [3.63, 3.8) is 0 Å². The quantitative estimate of drug-likeness (QED) is 0.787. The predicted octanol–water partition coefficient (Wildman–Crippen LogP) is 2.63. The summed E-state index contributed by atoms with van der Waals surface area (Å²) in [6.45, 7) is 0. The van der Waals surface area contributed by atoms with Gasteiger partial charge in [0.05, 0.1) is 5.92 Å². The minimum Gasteiger partial charge on any atom is -0.440 e. The fraction of sp³-hybridized carbons (Fsp3) is 0.0625. The van der Waals surface area contributed by atoms with Crippen LogP contribution in [0.3, 0.4) is 0 Å². The van der Waals surface area contributed by atoms with Gasteiger partial charge in [-0.3, -0.25) is 0 Å². The fourth-order valence-corrected chi connectivity index (χ4v) is 2.50. The van der Waals surface area contributed by atoms with Crippen LogP contribution in [0.4, 0.5) is 10.1 Å². The highest BCUT2D eigenvalue weighted by Gasteiger charge is 2.30. The number of nitriles is 1. The summed E-state index contributed by atoms with van der Waals surface area (Å²) in [6.07, 6.45) is 0. The summed E-state index contributed by atoms with van der Waals surface area (Å²) >= 11 is 0. The van der Waals surface area contributed by atoms with Crippen LogP contribution in [0.5, 0.6) is 5.75 Å². The lowest BCUT2D eigenvalue weighted by Gasteiger charge is -2.26. The topological polar surface area (TPSA) is 85.1 Å². The summed E-state index contributed by atoms with van der Waals surface area (Å²) in [5.41, 5.74) is 13.7. The van der Waals surface area contributed by atoms with Gasteiger partial charge in [0.2, 0.25) is 5.88 Å². The van der Waals surface area contributed by atoms with Gasteiger partial charge in [-0.05, 0) is 23.8 Å². The molecule has 2 aromatic carbocycles. The third-order valence-electron chi connectivity index (χ3n) is 3.43. The molecule has 0 aromatic heterocycles. The first kappa shape index (κ1) is 13.0. The number of hydrogen-bond acceptors (Lipinski definition) is 4. The molecule has 2 aromatic rings. The molecule has 3 rings (SSSR count). The van der Waals surface area contributed by atoms with E-state index in [4.69, 9.17) is 16.2 Å². The molecule has 5 heteroatoms. The van der Waals surface area contributed by atoms with Crippen LogP contribution in [-0.2, 0) is 0 Å². The van der Waals surface area contributed by atoms with Crippen molar-refractivity contribution >= 4 is 5.69 Å². The number of hydrogen-bond donors (Lipinski definition) is 2. The number of allylic oxidation sites excluding steroid dienone is 1. The van der Waals surface area contributed by atoms with Gasteiger partial charge in [-0.2, -0.15) is 5.26 Å². The SMILES string of the molecule is N#CC1=C(N)Oc2cc(N)ccc2[C@@H]1c1cccc(F)c1. The van der Waals surface area contributed by atoms with E-state index in [0.29, 0.717) is 17.0 Å². The van der Waals surface area contributed by atoms with Crippen molar-refractivity contribution in [1.29, 1.82) is 5.26 Å². The lowest BCUT2D eigenvalue weighted by Crippen LogP contribution is -2.21. The van der Waals surface area contributed by atoms with Crippen molar-refractivity contribution in [3.8, 4) is 11.8 Å². The van der Waals surface area contributed by atoms with E-state index in [-0.39, 0.29) is 17.3 Å². The molecule has 21 heavy (non-hydrogen) atoms. The highest BCUT2D eigenvalue weighted by molar-refractivity contribution is 5.59. The van der Waals surface area contributed by atoms with Gasteiger partial charge in [0.15, 0.2) is 0 Å². The van der Waals surface area contributed by atoms with Crippen molar-refractivity contribution in [1.82, 2.24) is 0 Å². The Hall–Kier alpha value is -3.00. The first-order valence-electron chi connectivity index (χ1n) is 6.32. The predicted molar refractivity (Wildman–Crippen MR) is 76.6 cm³/mol. The van der Waals surface area contributed by atoms with Gasteiger partial charge in [-0.15, -0.1) is 0 Å². The Morgan fingerprint density at radius 2 is 1.95 bits per heavy atom. The number of anilines is 1. The van der Waals surface area contributed by atoms with E-state index in [1.165, 1.54) is 12.1 Å². The average molecular weight is 281 g/mol. The fourth-order valence-electron chi connectivity index (χ4n) is 2.50. The van der Waals surface area contributed by atoms with Crippen LogP contribution in [0.25, 0.3) is 0 Å². The number of halogens is 1. The van der Waals surface area contributed by atoms with Gasteiger partial charge in [-0.1, -0.05) is 18.2 Å². The molecule has 104 valence electrons. The molecule has 1 heterocycles. The Bertz CT molecular complexity index is 792. The van der Waals surface area contributed by atoms with Crippen LogP contribution in [0, 0.1) is 17.1 Å². The summed E-state index contributed by atoms with van der Waals surface area (Å²) in [6, 6.07) is 13.3. The number of nitrogen functional groups attached to an aromatic ring is 1. The molecule has 0 amide bonds. The molecule has 0 unspecified atom stereocenters. The molecule has 0 bridgehead atoms. The largest absolute Gasteiger partial charge is 0.440 e. The Kier molecular flexibility index (Phi) is 2.99. The molecule has 4 N–H and O–H groups in total. The number of ether oxygens (including phenoxy) is 1. The molecule has 0 saturated carbocycles. The standard InChI is InChI=1S/C16H12FN3O/c17-10-3-1-2-9(6-10)15-12-5-4-11(19)7-14(12)21-16(20)13(15)8-18/h1-7,15H,19-20H2/t15-/m0/s1. The molecule has 0 radical (unpaired) electrons. The molecule has 0 aliphatic carbocycles. The zero-order valence-corrected chi connectivity index (χ0v) is 11.0. The Morgan fingerprint density at radius 1 is 1.14 bits per heavy atom. The van der Waals surface area contributed by atoms with Gasteiger partial charge >= 0.3 is 0 Å². The van der Waals surface area contributed by atoms with Crippen molar-refractivity contribution in [2.45, 2.75) is 5.92 Å². The summed E-state index contributed by atoms with van der Waals surface area (Å²) < 4.78 is 19.0. The van der Waals surface area contributed by atoms with Crippen LogP contribution in [0.1, 0.15) is 17.0 Å². The molecule has 0 saturated heterocycles. The lowest BCUT2D eigenvalue weighted by atomic mass is 9.83. The smallest absolute Gasteiger partial charge is 0.205 e. The number of nitrogens with two attached hydrogens (primary N) is 2. The molecule has 1 aliphatic heterocycles. The van der Waals surface area contributed by atoms with Crippen molar-refractivity contribution in [3.05, 3.63) is 70.9 Å². The maximum Gasteiger partial charge on any atom is 0.205 e. The van der Waals surface area contributed by atoms with Crippen LogP contribution in [0.15, 0.2) is 53.9 Å². The third-order valence-corrected chi connectivity index (χ3v) is 3.43. The first-order chi connectivity index (χ1) is 10.1. The monoisotopic (exact) mass is 281 g/mol. The second-order valence-corrected chi connectivity index (χ2v) is 4.78. The number of nitrogens with zero attached hydrogens (tertiary/aromatic N) is 1. The van der Waals surface area contributed by atoms with E-state index in [2.05, 4.69) is 6.07 Å². The van der Waals surface area contributed by atoms with E-state index >= 15 is 0 Å². The second-order valence-electron chi connectivity index (χ2n) is 4.78. The summed E-state index contributed by atoms with van der Waals surface area (Å²) in [5.74, 6) is -0.326. The van der Waals surface area contributed by atoms with E-state index in [0.717, 1.165) is 5.56 Å². The summed E-state index contributed by atoms with van der Waals surface area (Å²) in [4.78, 5) is 0. The Labute approximate surface area is 121 Å². The van der Waals surface area contributed by atoms with Crippen LogP contribution in [0.2, 0.25) is 0 Å². The number of rotatable bonds is 1. The Morgan fingerprint density at radius 3 is 2.67 bits per heavy atom. The molecule has 4 nitrogen and oxygen atoms in total. The average Bonchev–Trinajstić information content (AvgIpc) is 2.45. The minimum atomic E-state index is -0.463. The first-order valence-corrected chi connectivity index (χ1v) is 6.32. The maximum absolute atomic E-state index is 13.5. The minimum absolute atomic E-state index is 0.0184. The van der Waals surface area contributed by atoms with Crippen molar-refractivity contribution in [2.75, 3.05) is 5.73 Å². The van der Waals surface area contributed by atoms with Gasteiger partial charge in [0, 0.05) is 17.3 Å². The normalized spacial score (nSPS) is 16.9. The van der Waals surface area contributed by atoms with Crippen LogP contribution in [-0.4, -0.2) is 0 Å². The summed E-state index contributed by atoms with van der Waals surface area (Å²) in [5, 5.41) is 9.36. The van der Waals surface area contributed by atoms with Gasteiger partial charge in [-0.25, -0.2) is 4.39 Å². The van der Waals surface area contributed by atoms with E-state index in [9.17, 15) is 9.65 Å². The molecule has 1 aliphatic rings. The molecule has 0 spiro atoms. The Balaban J connectivity index is 2.24. The third kappa shape index (κ3) is 2.17. The van der Waals surface area contributed by atoms with Crippen molar-refractivity contribution < 1.29 is 9.13 Å². The summed E-state index contributed by atoms with van der Waals surface area (Å²) in [7, 11) is 0. The van der Waals surface area contributed by atoms with E-state index < -0.39 is 5.92 Å². The number of fused-ring (bicyclic) bond motifs is 1. The highest BCUT2D eigenvalue weighted by Crippen LogP contribution is 2.42. The van der Waals surface area contributed by atoms with Gasteiger partial charge < -0.3 is 16.2 Å². The lowest BCUT2D eigenvalue weighted by molar-refractivity contribution is 0.394. The van der Waals surface area contributed by atoms with E-state index in [1.54, 1.807) is 30.3 Å². The number of benzene rings is 2. The zero-order valence-electron chi connectivity index (χ0n) is 11.0. The molecular weight excluding hydrogens is 269 g/mol. The van der Waals surface area contributed by atoms with Crippen LogP contribution < -0.4 is 16.2 Å². The second kappa shape index (κ2) is 4.84. The van der Waals surface area contributed by atoms with Crippen LogP contribution >= 0.6 is 0 Å². The molecular formula is C16H12FN3O. The van der Waals surface area contributed by atoms with Gasteiger partial charge in [0.1, 0.15) is 23.2 Å². The zero-order chi connectivity index (χ0) is 15.0. The molecule has 0 fully saturated rings. The highest BCUT2D eigenvalue weighted by atomic mass is 19.1. The maximum atomic E-state index is 13.5. The van der Waals surface area contributed by atoms with Gasteiger partial charge in [0.25, 0.3) is 0 Å². The van der Waals surface area contributed by atoms with E-state index in [1.807, 2.05) is 0 Å².